The third-order valence-corrected chi connectivity index (χ3v) is 9.83. The number of rotatable bonds is 1. The highest BCUT2D eigenvalue weighted by atomic mass is 32.2. The second kappa shape index (κ2) is 7.85. The summed E-state index contributed by atoms with van der Waals surface area (Å²) in [5.74, 6) is 0.242. The molecule has 2 aromatic carbocycles. The van der Waals surface area contributed by atoms with Crippen LogP contribution in [0.1, 0.15) is 43.5 Å². The minimum Gasteiger partial charge on any atom is -0.506 e. The normalized spacial score (nSPS) is 22.4. The smallest absolute Gasteiger partial charge is 0.266 e. The summed E-state index contributed by atoms with van der Waals surface area (Å²) < 4.78 is 3.59. The molecule has 0 amide bonds. The van der Waals surface area contributed by atoms with Gasteiger partial charge in [0.25, 0.3) is 5.01 Å². The molecular formula is C28H25N2O2S2+. The van der Waals surface area contributed by atoms with Gasteiger partial charge in [0, 0.05) is 23.9 Å². The lowest BCUT2D eigenvalue weighted by molar-refractivity contribution is -0.668. The van der Waals surface area contributed by atoms with E-state index in [1.807, 2.05) is 0 Å². The number of thiazole rings is 1. The zero-order chi connectivity index (χ0) is 22.8. The van der Waals surface area contributed by atoms with Crippen molar-refractivity contribution in [3.63, 3.8) is 0 Å². The van der Waals surface area contributed by atoms with Gasteiger partial charge in [-0.3, -0.25) is 4.79 Å². The highest BCUT2D eigenvalue weighted by molar-refractivity contribution is 8.03. The van der Waals surface area contributed by atoms with Crippen molar-refractivity contribution in [2.75, 3.05) is 11.4 Å². The first-order valence-electron chi connectivity index (χ1n) is 12.1. The van der Waals surface area contributed by atoms with Crippen LogP contribution in [0.25, 0.3) is 15.8 Å². The molecule has 1 aliphatic carbocycles. The Morgan fingerprint density at radius 2 is 1.68 bits per heavy atom. The number of anilines is 1. The number of fused-ring (bicyclic) bond motifs is 6. The molecule has 0 fully saturated rings. The number of carbonyl (C=O) groups is 1. The third-order valence-electron chi connectivity index (χ3n) is 7.38. The van der Waals surface area contributed by atoms with Crippen LogP contribution in [-0.4, -0.2) is 17.4 Å². The predicted octanol–water partition coefficient (Wildman–Crippen LogP) is 6.53. The number of ketones is 1. The Morgan fingerprint density at radius 1 is 0.882 bits per heavy atom. The van der Waals surface area contributed by atoms with Gasteiger partial charge in [0.2, 0.25) is 11.3 Å². The molecule has 4 heterocycles. The number of Topliss-reactive ketones (excluding diaryl/α,β-unsaturated/α-hetero) is 1. The van der Waals surface area contributed by atoms with E-state index in [1.165, 1.54) is 20.8 Å². The zero-order valence-electron chi connectivity index (χ0n) is 18.8. The fourth-order valence-corrected chi connectivity index (χ4v) is 8.28. The minimum absolute atomic E-state index is 0.0271. The molecule has 0 spiro atoms. The van der Waals surface area contributed by atoms with Crippen molar-refractivity contribution >= 4 is 50.4 Å². The molecule has 6 heteroatoms. The van der Waals surface area contributed by atoms with Gasteiger partial charge in [0.1, 0.15) is 10.5 Å². The monoisotopic (exact) mass is 485 g/mol. The van der Waals surface area contributed by atoms with Gasteiger partial charge in [0.05, 0.1) is 27.4 Å². The van der Waals surface area contributed by atoms with Gasteiger partial charge in [-0.15, -0.1) is 0 Å². The lowest BCUT2D eigenvalue weighted by atomic mass is 9.79. The first-order chi connectivity index (χ1) is 16.7. The van der Waals surface area contributed by atoms with Crippen LogP contribution in [0.3, 0.4) is 0 Å². The van der Waals surface area contributed by atoms with Gasteiger partial charge in [-0.1, -0.05) is 47.4 Å². The molecule has 4 nitrogen and oxygen atoms in total. The molecule has 34 heavy (non-hydrogen) atoms. The van der Waals surface area contributed by atoms with Crippen LogP contribution in [0.15, 0.2) is 80.9 Å². The second-order valence-electron chi connectivity index (χ2n) is 9.35. The zero-order valence-corrected chi connectivity index (χ0v) is 20.5. The number of nitrogens with zero attached hydrogens (tertiary/aromatic N) is 2. The summed E-state index contributed by atoms with van der Waals surface area (Å²) >= 11 is 3.49. The minimum atomic E-state index is 0.0271. The van der Waals surface area contributed by atoms with Gasteiger partial charge in [-0.2, -0.15) is 4.57 Å². The summed E-state index contributed by atoms with van der Waals surface area (Å²) in [6.45, 7) is 1.92. The number of carbonyl (C=O) groups excluding carboxylic acids is 1. The first kappa shape index (κ1) is 20.5. The van der Waals surface area contributed by atoms with Crippen molar-refractivity contribution < 1.29 is 14.5 Å². The fourth-order valence-electron chi connectivity index (χ4n) is 5.75. The number of hydrogen-bond acceptors (Lipinski definition) is 5. The average Bonchev–Trinajstić information content (AvgIpc) is 3.26. The van der Waals surface area contributed by atoms with Crippen LogP contribution in [0.4, 0.5) is 5.69 Å². The van der Waals surface area contributed by atoms with E-state index < -0.39 is 0 Å². The largest absolute Gasteiger partial charge is 0.506 e. The number of aryl methyl sites for hydroxylation is 1. The number of allylic oxidation sites excluding steroid dienone is 4. The number of aliphatic hydroxyl groups is 1. The summed E-state index contributed by atoms with van der Waals surface area (Å²) in [6, 6.07) is 16.9. The van der Waals surface area contributed by atoms with E-state index in [4.69, 9.17) is 0 Å². The van der Waals surface area contributed by atoms with E-state index in [0.29, 0.717) is 11.1 Å². The van der Waals surface area contributed by atoms with Gasteiger partial charge in [0.15, 0.2) is 6.54 Å². The Bertz CT molecular complexity index is 1480. The fraction of sp³-hybridized carbons (Fsp3) is 0.286. The van der Waals surface area contributed by atoms with Crippen molar-refractivity contribution in [2.45, 2.75) is 50.0 Å². The van der Waals surface area contributed by atoms with E-state index in [9.17, 15) is 9.90 Å². The molecule has 3 aliphatic heterocycles. The molecule has 4 aliphatic rings. The molecule has 0 saturated carbocycles. The Morgan fingerprint density at radius 3 is 2.59 bits per heavy atom. The lowest BCUT2D eigenvalue weighted by Gasteiger charge is -2.27. The maximum atomic E-state index is 13.7. The number of aliphatic hydroxyl groups excluding tert-OH is 1. The molecule has 3 aromatic rings. The standard InChI is InChI=1S/C28H24N2O2S2/c31-25-23(17-9-5-7-15-29-19-11-1-3-13-21(19)33-27(17)29)26(32)24(25)18-10-6-8-16-30-20-12-2-4-14-22(20)34-28(18)30/h1-4,11-14H,5-10,15-16H2/p+1. The Kier molecular flexibility index (Phi) is 4.74. The Labute approximate surface area is 206 Å². The first-order valence-corrected chi connectivity index (χ1v) is 13.8. The maximum Gasteiger partial charge on any atom is 0.266 e. The Balaban J connectivity index is 1.38. The molecule has 0 radical (unpaired) electrons. The third kappa shape index (κ3) is 2.91. The number of benzene rings is 2. The van der Waals surface area contributed by atoms with Crippen LogP contribution >= 0.6 is 23.1 Å². The van der Waals surface area contributed by atoms with Crippen molar-refractivity contribution in [1.29, 1.82) is 0 Å². The van der Waals surface area contributed by atoms with Crippen LogP contribution in [0.5, 0.6) is 0 Å². The molecule has 1 N–H and O–H groups in total. The van der Waals surface area contributed by atoms with Crippen molar-refractivity contribution in [1.82, 2.24) is 0 Å². The predicted molar refractivity (Wildman–Crippen MR) is 138 cm³/mol. The molecule has 0 bridgehead atoms. The highest BCUT2D eigenvalue weighted by Crippen LogP contribution is 2.52. The molecule has 7 rings (SSSR count). The van der Waals surface area contributed by atoms with Crippen molar-refractivity contribution in [2.24, 2.45) is 0 Å². The molecule has 1 aromatic heterocycles. The molecule has 0 unspecified atom stereocenters. The average molecular weight is 486 g/mol. The Hall–Kier alpha value is -2.83. The number of thioether (sulfide) groups is 1. The lowest BCUT2D eigenvalue weighted by Crippen LogP contribution is -2.36. The summed E-state index contributed by atoms with van der Waals surface area (Å²) in [5, 5.41) is 13.7. The molecule has 170 valence electrons. The number of aromatic nitrogens is 1. The second-order valence-corrected chi connectivity index (χ2v) is 11.4. The van der Waals surface area contributed by atoms with E-state index in [-0.39, 0.29) is 11.5 Å². The molecular weight excluding hydrogens is 460 g/mol. The van der Waals surface area contributed by atoms with E-state index in [0.717, 1.165) is 72.8 Å². The summed E-state index contributed by atoms with van der Waals surface area (Å²) in [6.07, 6.45) is 5.90. The van der Waals surface area contributed by atoms with Gasteiger partial charge in [-0.05, 0) is 55.9 Å². The van der Waals surface area contributed by atoms with E-state index in [2.05, 4.69) is 58.0 Å². The van der Waals surface area contributed by atoms with Gasteiger partial charge < -0.3 is 10.0 Å². The van der Waals surface area contributed by atoms with Crippen LogP contribution in [0.2, 0.25) is 0 Å². The van der Waals surface area contributed by atoms with Gasteiger partial charge >= 0.3 is 0 Å². The van der Waals surface area contributed by atoms with Gasteiger partial charge in [-0.25, -0.2) is 0 Å². The quantitative estimate of drug-likeness (QED) is 0.314. The van der Waals surface area contributed by atoms with E-state index >= 15 is 0 Å². The van der Waals surface area contributed by atoms with E-state index in [1.54, 1.807) is 23.1 Å². The van der Waals surface area contributed by atoms with Crippen molar-refractivity contribution in [3.8, 4) is 0 Å². The van der Waals surface area contributed by atoms with Crippen molar-refractivity contribution in [3.05, 3.63) is 81.0 Å². The maximum absolute atomic E-state index is 13.7. The highest BCUT2D eigenvalue weighted by Gasteiger charge is 2.44. The summed E-state index contributed by atoms with van der Waals surface area (Å²) in [7, 11) is 0. The number of para-hydroxylation sites is 2. The van der Waals surface area contributed by atoms with Crippen LogP contribution in [0, 0.1) is 0 Å². The summed E-state index contributed by atoms with van der Waals surface area (Å²) in [5.41, 5.74) is 5.62. The summed E-state index contributed by atoms with van der Waals surface area (Å²) in [4.78, 5) is 17.3. The number of hydrogen-bond donors (Lipinski definition) is 1. The van der Waals surface area contributed by atoms with Crippen LogP contribution in [-0.2, 0) is 11.3 Å². The molecule has 0 atom stereocenters. The van der Waals surface area contributed by atoms with Crippen LogP contribution < -0.4 is 9.47 Å². The topological polar surface area (TPSA) is 44.4 Å². The molecule has 0 saturated heterocycles. The SMILES string of the molecule is O=C1C(C2=C3Sc4ccccc4N3CCCC2)=C(O)/C1=C1/CCCC[n+]2c1sc1ccccc12.